The van der Waals surface area contributed by atoms with E-state index in [0.29, 0.717) is 5.69 Å². The molecule has 25 heavy (non-hydrogen) atoms. The Kier molecular flexibility index (Phi) is 3.90. The first-order chi connectivity index (χ1) is 12.3. The van der Waals surface area contributed by atoms with Crippen molar-refractivity contribution in [1.29, 1.82) is 0 Å². The summed E-state index contributed by atoms with van der Waals surface area (Å²) >= 11 is 0. The van der Waals surface area contributed by atoms with Gasteiger partial charge in [0.05, 0.1) is 11.1 Å². The highest BCUT2D eigenvalue weighted by molar-refractivity contribution is 5.57. The van der Waals surface area contributed by atoms with E-state index in [1.54, 1.807) is 6.20 Å². The number of benzene rings is 3. The Bertz CT molecular complexity index is 850. The van der Waals surface area contributed by atoms with Crippen molar-refractivity contribution in [2.75, 3.05) is 0 Å². The molecule has 3 aromatic carbocycles. The highest BCUT2D eigenvalue weighted by Gasteiger charge is 2.40. The highest BCUT2D eigenvalue weighted by atomic mass is 19.1. The summed E-state index contributed by atoms with van der Waals surface area (Å²) in [7, 11) is 0. The van der Waals surface area contributed by atoms with Crippen molar-refractivity contribution in [1.82, 2.24) is 9.97 Å². The van der Waals surface area contributed by atoms with Gasteiger partial charge in [0.15, 0.2) is 0 Å². The van der Waals surface area contributed by atoms with E-state index in [0.717, 1.165) is 16.7 Å². The molecule has 0 aliphatic heterocycles. The fraction of sp³-hybridized carbons (Fsp3) is 0.0455. The number of aromatic nitrogens is 2. The summed E-state index contributed by atoms with van der Waals surface area (Å²) in [5.74, 6) is 0. The molecule has 0 aliphatic carbocycles. The van der Waals surface area contributed by atoms with Gasteiger partial charge in [-0.2, -0.15) is 4.39 Å². The van der Waals surface area contributed by atoms with Crippen LogP contribution in [0, 0.1) is 6.08 Å². The van der Waals surface area contributed by atoms with Crippen molar-refractivity contribution in [3.8, 4) is 0 Å². The van der Waals surface area contributed by atoms with E-state index in [4.69, 9.17) is 0 Å². The van der Waals surface area contributed by atoms with E-state index >= 15 is 0 Å². The molecule has 0 bridgehead atoms. The van der Waals surface area contributed by atoms with Crippen LogP contribution in [-0.4, -0.2) is 9.97 Å². The summed E-state index contributed by atoms with van der Waals surface area (Å²) in [6, 6.07) is 30.3. The van der Waals surface area contributed by atoms with Gasteiger partial charge in [-0.25, -0.2) is 4.98 Å². The Morgan fingerprint density at radius 1 is 0.640 bits per heavy atom. The Hall–Kier alpha value is -3.20. The quantitative estimate of drug-likeness (QED) is 0.529. The molecule has 2 nitrogen and oxygen atoms in total. The molecule has 1 heterocycles. The van der Waals surface area contributed by atoms with Crippen molar-refractivity contribution in [2.24, 2.45) is 0 Å². The van der Waals surface area contributed by atoms with Gasteiger partial charge in [-0.15, -0.1) is 0 Å². The summed E-state index contributed by atoms with van der Waals surface area (Å²) in [5, 5.41) is 0. The van der Waals surface area contributed by atoms with E-state index in [9.17, 15) is 4.39 Å². The zero-order valence-corrected chi connectivity index (χ0v) is 13.6. The van der Waals surface area contributed by atoms with Crippen molar-refractivity contribution >= 4 is 0 Å². The molecular weight excluding hydrogens is 311 g/mol. The molecule has 3 heteroatoms. The van der Waals surface area contributed by atoms with Gasteiger partial charge in [0.1, 0.15) is 0 Å². The maximum absolute atomic E-state index is 13.8. The predicted molar refractivity (Wildman–Crippen MR) is 96.9 cm³/mol. The van der Waals surface area contributed by atoms with Crippen LogP contribution >= 0.6 is 0 Å². The maximum atomic E-state index is 13.8. The van der Waals surface area contributed by atoms with Crippen LogP contribution < -0.4 is 0 Å². The standard InChI is InChI=1S/C22H17FN2/c23-21-24-16-20(25-21)22(17-10-4-1-5-11-17,18-12-6-2-7-13-18)19-14-8-3-9-15-19/h1-16H,(H,24,25). The minimum Gasteiger partial charge on any atom is -0.321 e. The minimum atomic E-state index is -0.690. The molecule has 0 aliphatic rings. The lowest BCUT2D eigenvalue weighted by Gasteiger charge is -2.34. The van der Waals surface area contributed by atoms with Gasteiger partial charge in [0.25, 0.3) is 6.08 Å². The van der Waals surface area contributed by atoms with Gasteiger partial charge < -0.3 is 4.98 Å². The zero-order valence-electron chi connectivity index (χ0n) is 13.6. The average Bonchev–Trinajstić information content (AvgIpc) is 3.12. The third-order valence-electron chi connectivity index (χ3n) is 4.55. The van der Waals surface area contributed by atoms with E-state index in [1.165, 1.54) is 0 Å². The summed E-state index contributed by atoms with van der Waals surface area (Å²) < 4.78 is 13.8. The molecule has 4 rings (SSSR count). The maximum Gasteiger partial charge on any atom is 0.286 e. The first kappa shape index (κ1) is 15.3. The van der Waals surface area contributed by atoms with Gasteiger partial charge in [-0.3, -0.25) is 0 Å². The van der Waals surface area contributed by atoms with Crippen molar-refractivity contribution < 1.29 is 4.39 Å². The first-order valence-electron chi connectivity index (χ1n) is 8.20. The molecule has 0 radical (unpaired) electrons. The van der Waals surface area contributed by atoms with Crippen LogP contribution in [0.4, 0.5) is 4.39 Å². The molecule has 0 amide bonds. The molecule has 0 fully saturated rings. The second kappa shape index (κ2) is 6.36. The average molecular weight is 328 g/mol. The molecule has 0 saturated heterocycles. The number of nitrogens with zero attached hydrogens (tertiary/aromatic N) is 1. The van der Waals surface area contributed by atoms with Crippen LogP contribution in [0.5, 0.6) is 0 Å². The SMILES string of the molecule is Fc1nc(C(c2ccccc2)(c2ccccc2)c2ccccc2)c[nH]1. The smallest absolute Gasteiger partial charge is 0.286 e. The van der Waals surface area contributed by atoms with Gasteiger partial charge in [0, 0.05) is 6.20 Å². The van der Waals surface area contributed by atoms with E-state index < -0.39 is 11.5 Å². The summed E-state index contributed by atoms with van der Waals surface area (Å²) in [5.41, 5.74) is 3.07. The monoisotopic (exact) mass is 328 g/mol. The molecular formula is C22H17FN2. The lowest BCUT2D eigenvalue weighted by atomic mass is 9.67. The fourth-order valence-electron chi connectivity index (χ4n) is 3.50. The third kappa shape index (κ3) is 2.54. The van der Waals surface area contributed by atoms with Crippen molar-refractivity contribution in [3.63, 3.8) is 0 Å². The summed E-state index contributed by atoms with van der Waals surface area (Å²) in [4.78, 5) is 6.80. The van der Waals surface area contributed by atoms with Crippen LogP contribution in [0.2, 0.25) is 0 Å². The van der Waals surface area contributed by atoms with Crippen molar-refractivity contribution in [2.45, 2.75) is 5.41 Å². The second-order valence-corrected chi connectivity index (χ2v) is 5.92. The number of rotatable bonds is 4. The molecule has 0 unspecified atom stereocenters. The normalized spacial score (nSPS) is 11.4. The second-order valence-electron chi connectivity index (χ2n) is 5.92. The Morgan fingerprint density at radius 3 is 1.36 bits per heavy atom. The van der Waals surface area contributed by atoms with Gasteiger partial charge in [-0.1, -0.05) is 91.0 Å². The van der Waals surface area contributed by atoms with Gasteiger partial charge in [0.2, 0.25) is 0 Å². The molecule has 1 aromatic heterocycles. The number of aromatic amines is 1. The lowest BCUT2D eigenvalue weighted by molar-refractivity contribution is 0.545. The summed E-state index contributed by atoms with van der Waals surface area (Å²) in [6.07, 6.45) is 1.07. The molecule has 1 N–H and O–H groups in total. The number of imidazole rings is 1. The fourth-order valence-corrected chi connectivity index (χ4v) is 3.50. The zero-order chi connectivity index (χ0) is 17.1. The molecule has 4 aromatic rings. The Labute approximate surface area is 146 Å². The van der Waals surface area contributed by atoms with Crippen molar-refractivity contribution in [3.05, 3.63) is 126 Å². The Balaban J connectivity index is 2.12. The summed E-state index contributed by atoms with van der Waals surface area (Å²) in [6.45, 7) is 0. The first-order valence-corrected chi connectivity index (χ1v) is 8.20. The van der Waals surface area contributed by atoms with E-state index in [1.807, 2.05) is 54.6 Å². The van der Waals surface area contributed by atoms with E-state index in [-0.39, 0.29) is 0 Å². The van der Waals surface area contributed by atoms with Crippen LogP contribution in [0.25, 0.3) is 0 Å². The third-order valence-corrected chi connectivity index (χ3v) is 4.55. The topological polar surface area (TPSA) is 28.7 Å². The van der Waals surface area contributed by atoms with Crippen LogP contribution in [-0.2, 0) is 5.41 Å². The molecule has 0 atom stereocenters. The predicted octanol–water partition coefficient (Wildman–Crippen LogP) is 4.93. The van der Waals surface area contributed by atoms with Gasteiger partial charge >= 0.3 is 0 Å². The number of hydrogen-bond acceptors (Lipinski definition) is 1. The van der Waals surface area contributed by atoms with Crippen LogP contribution in [0.3, 0.4) is 0 Å². The van der Waals surface area contributed by atoms with Gasteiger partial charge in [-0.05, 0) is 16.7 Å². The number of nitrogens with one attached hydrogen (secondary N) is 1. The molecule has 0 spiro atoms. The number of halogens is 1. The molecule has 0 saturated carbocycles. The molecule has 122 valence electrons. The van der Waals surface area contributed by atoms with E-state index in [2.05, 4.69) is 46.4 Å². The largest absolute Gasteiger partial charge is 0.321 e. The van der Waals surface area contributed by atoms with Crippen LogP contribution in [0.15, 0.2) is 97.2 Å². The van der Waals surface area contributed by atoms with Crippen LogP contribution in [0.1, 0.15) is 22.4 Å². The highest BCUT2D eigenvalue weighted by Crippen LogP contribution is 2.43. The Morgan fingerprint density at radius 2 is 1.04 bits per heavy atom. The lowest BCUT2D eigenvalue weighted by Crippen LogP contribution is -2.31. The minimum absolute atomic E-state index is 0.581. The number of hydrogen-bond donors (Lipinski definition) is 1. The number of H-pyrrole nitrogens is 1.